The Labute approximate surface area is 145 Å². The Morgan fingerprint density at radius 3 is 2.54 bits per heavy atom. The first-order valence-electron chi connectivity index (χ1n) is 7.97. The number of rotatable bonds is 4. The molecule has 0 aliphatic carbocycles. The maximum atomic E-state index is 13.0. The van der Waals surface area contributed by atoms with Crippen molar-refractivity contribution in [2.45, 2.75) is 18.9 Å². The van der Waals surface area contributed by atoms with Crippen LogP contribution in [0.5, 0.6) is 0 Å². The zero-order valence-corrected chi connectivity index (χ0v) is 14.2. The Hall–Kier alpha value is -1.92. The topological polar surface area (TPSA) is 61.3 Å². The van der Waals surface area contributed by atoms with Crippen molar-refractivity contribution in [3.63, 3.8) is 0 Å². The van der Waals surface area contributed by atoms with Crippen LogP contribution in [-0.2, 0) is 0 Å². The van der Waals surface area contributed by atoms with E-state index in [1.54, 1.807) is 19.2 Å². The average Bonchev–Trinajstić information content (AvgIpc) is 2.62. The second-order valence-electron chi connectivity index (χ2n) is 5.93. The molecule has 2 aromatic rings. The lowest BCUT2D eigenvalue weighted by atomic mass is 9.87. The second kappa shape index (κ2) is 7.32. The zero-order valence-electron chi connectivity index (χ0n) is 13.4. The van der Waals surface area contributed by atoms with Gasteiger partial charge in [0.1, 0.15) is 17.8 Å². The molecular formula is C17H20ClFN4O. The number of halogens is 2. The molecule has 1 aromatic carbocycles. The van der Waals surface area contributed by atoms with E-state index in [4.69, 9.17) is 11.6 Å². The van der Waals surface area contributed by atoms with Crippen LogP contribution in [0.25, 0.3) is 0 Å². The molecule has 3 rings (SSSR count). The quantitative estimate of drug-likeness (QED) is 0.829. The number of nitrogens with one attached hydrogen (secondary N) is 1. The highest BCUT2D eigenvalue weighted by molar-refractivity contribution is 6.32. The Morgan fingerprint density at radius 1 is 1.25 bits per heavy atom. The van der Waals surface area contributed by atoms with Crippen molar-refractivity contribution in [3.8, 4) is 0 Å². The number of benzene rings is 1. The van der Waals surface area contributed by atoms with Gasteiger partial charge >= 0.3 is 0 Å². The van der Waals surface area contributed by atoms with Crippen LogP contribution in [0, 0.1) is 11.7 Å². The summed E-state index contributed by atoms with van der Waals surface area (Å²) < 4.78 is 13.0. The van der Waals surface area contributed by atoms with Crippen LogP contribution in [0.2, 0.25) is 5.15 Å². The van der Waals surface area contributed by atoms with Crippen LogP contribution in [0.3, 0.4) is 0 Å². The van der Waals surface area contributed by atoms with Crippen LogP contribution in [0.1, 0.15) is 24.5 Å². The van der Waals surface area contributed by atoms with E-state index in [2.05, 4.69) is 20.2 Å². The number of aliphatic hydroxyl groups excluding tert-OH is 1. The van der Waals surface area contributed by atoms with Gasteiger partial charge in [0.05, 0.1) is 6.10 Å². The van der Waals surface area contributed by atoms with Crippen LogP contribution >= 0.6 is 11.6 Å². The van der Waals surface area contributed by atoms with Crippen molar-refractivity contribution in [3.05, 3.63) is 47.1 Å². The summed E-state index contributed by atoms with van der Waals surface area (Å²) in [7, 11) is 1.79. The van der Waals surface area contributed by atoms with Gasteiger partial charge in [-0.1, -0.05) is 23.7 Å². The molecule has 7 heteroatoms. The lowest BCUT2D eigenvalue weighted by Crippen LogP contribution is -2.36. The molecule has 1 aliphatic heterocycles. The zero-order chi connectivity index (χ0) is 17.1. The minimum Gasteiger partial charge on any atom is -0.388 e. The SMILES string of the molecule is CNc1c(Cl)ncnc1N1CCC(C(O)c2ccc(F)cc2)CC1. The summed E-state index contributed by atoms with van der Waals surface area (Å²) in [6, 6.07) is 6.07. The summed E-state index contributed by atoms with van der Waals surface area (Å²) in [5.41, 5.74) is 1.48. The van der Waals surface area contributed by atoms with Crippen molar-refractivity contribution in [1.82, 2.24) is 9.97 Å². The number of hydrogen-bond acceptors (Lipinski definition) is 5. The molecule has 0 amide bonds. The van der Waals surface area contributed by atoms with Gasteiger partial charge in [-0.3, -0.25) is 0 Å². The largest absolute Gasteiger partial charge is 0.388 e. The predicted molar refractivity (Wildman–Crippen MR) is 92.9 cm³/mol. The van der Waals surface area contributed by atoms with Gasteiger partial charge in [0.25, 0.3) is 0 Å². The molecule has 1 unspecified atom stereocenters. The van der Waals surface area contributed by atoms with Gasteiger partial charge in [-0.05, 0) is 36.5 Å². The van der Waals surface area contributed by atoms with Crippen LogP contribution < -0.4 is 10.2 Å². The van der Waals surface area contributed by atoms with E-state index < -0.39 is 6.10 Å². The van der Waals surface area contributed by atoms with Crippen LogP contribution in [0.15, 0.2) is 30.6 Å². The fourth-order valence-electron chi connectivity index (χ4n) is 3.17. The third kappa shape index (κ3) is 3.44. The van der Waals surface area contributed by atoms with E-state index in [-0.39, 0.29) is 11.7 Å². The second-order valence-corrected chi connectivity index (χ2v) is 6.29. The summed E-state index contributed by atoms with van der Waals surface area (Å²) in [5, 5.41) is 14.0. The molecule has 24 heavy (non-hydrogen) atoms. The van der Waals surface area contributed by atoms with Gasteiger partial charge < -0.3 is 15.3 Å². The van der Waals surface area contributed by atoms with Gasteiger partial charge in [-0.2, -0.15) is 0 Å². The summed E-state index contributed by atoms with van der Waals surface area (Å²) in [4.78, 5) is 10.5. The van der Waals surface area contributed by atoms with Crippen molar-refractivity contribution >= 4 is 23.1 Å². The Morgan fingerprint density at radius 2 is 1.92 bits per heavy atom. The van der Waals surface area contributed by atoms with Crippen molar-refractivity contribution in [2.24, 2.45) is 5.92 Å². The Bertz CT molecular complexity index is 689. The highest BCUT2D eigenvalue weighted by Gasteiger charge is 2.28. The van der Waals surface area contributed by atoms with E-state index in [1.165, 1.54) is 18.5 Å². The van der Waals surface area contributed by atoms with Gasteiger partial charge in [0.2, 0.25) is 0 Å². The fraction of sp³-hybridized carbons (Fsp3) is 0.412. The number of aromatic nitrogens is 2. The first kappa shape index (κ1) is 16.9. The van der Waals surface area contributed by atoms with Gasteiger partial charge in [-0.15, -0.1) is 0 Å². The van der Waals surface area contributed by atoms with Crippen LogP contribution in [0.4, 0.5) is 15.9 Å². The number of aliphatic hydroxyl groups is 1. The molecule has 2 heterocycles. The first-order chi connectivity index (χ1) is 11.6. The van der Waals surface area contributed by atoms with Crippen molar-refractivity contribution < 1.29 is 9.50 Å². The predicted octanol–water partition coefficient (Wildman–Crippen LogP) is 3.26. The van der Waals surface area contributed by atoms with Crippen LogP contribution in [-0.4, -0.2) is 35.2 Å². The number of hydrogen-bond donors (Lipinski definition) is 2. The standard InChI is InChI=1S/C17H20ClFN4O/c1-20-14-16(18)21-10-22-17(14)23-8-6-12(7-9-23)15(24)11-2-4-13(19)5-3-11/h2-5,10,12,15,20,24H,6-9H2,1H3. The molecule has 0 bridgehead atoms. The molecule has 0 saturated carbocycles. The summed E-state index contributed by atoms with van der Waals surface area (Å²) in [5.74, 6) is 0.635. The Kier molecular flexibility index (Phi) is 5.16. The molecule has 2 N–H and O–H groups in total. The van der Waals surface area contributed by atoms with Gasteiger partial charge in [0, 0.05) is 20.1 Å². The minimum atomic E-state index is -0.578. The fourth-order valence-corrected chi connectivity index (χ4v) is 3.39. The van der Waals surface area contributed by atoms with E-state index >= 15 is 0 Å². The lowest BCUT2D eigenvalue weighted by molar-refractivity contribution is 0.0928. The van der Waals surface area contributed by atoms with E-state index in [0.29, 0.717) is 5.15 Å². The molecule has 1 fully saturated rings. The molecule has 1 aliphatic rings. The maximum Gasteiger partial charge on any atom is 0.157 e. The summed E-state index contributed by atoms with van der Waals surface area (Å²) >= 11 is 6.11. The van der Waals surface area contributed by atoms with E-state index in [1.807, 2.05) is 0 Å². The first-order valence-corrected chi connectivity index (χ1v) is 8.34. The minimum absolute atomic E-state index is 0.141. The molecule has 1 atom stereocenters. The summed E-state index contributed by atoms with van der Waals surface area (Å²) in [6.45, 7) is 1.54. The number of anilines is 2. The molecule has 1 saturated heterocycles. The third-order valence-corrected chi connectivity index (χ3v) is 4.81. The maximum absolute atomic E-state index is 13.0. The molecule has 128 valence electrons. The molecular weight excluding hydrogens is 331 g/mol. The smallest absolute Gasteiger partial charge is 0.157 e. The lowest BCUT2D eigenvalue weighted by Gasteiger charge is -2.35. The monoisotopic (exact) mass is 350 g/mol. The van der Waals surface area contributed by atoms with Gasteiger partial charge in [0.15, 0.2) is 11.0 Å². The highest BCUT2D eigenvalue weighted by Crippen LogP contribution is 2.35. The third-order valence-electron chi connectivity index (χ3n) is 4.53. The average molecular weight is 351 g/mol. The molecule has 0 radical (unpaired) electrons. The van der Waals surface area contributed by atoms with E-state index in [9.17, 15) is 9.50 Å². The molecule has 1 aromatic heterocycles. The number of nitrogens with zero attached hydrogens (tertiary/aromatic N) is 3. The van der Waals surface area contributed by atoms with Crippen molar-refractivity contribution in [1.29, 1.82) is 0 Å². The van der Waals surface area contributed by atoms with E-state index in [0.717, 1.165) is 43.0 Å². The summed E-state index contributed by atoms with van der Waals surface area (Å²) in [6.07, 6.45) is 2.52. The Balaban J connectivity index is 1.68. The molecule has 0 spiro atoms. The number of piperidine rings is 1. The normalized spacial score (nSPS) is 16.9. The van der Waals surface area contributed by atoms with Gasteiger partial charge in [-0.25, -0.2) is 14.4 Å². The molecule has 5 nitrogen and oxygen atoms in total. The highest BCUT2D eigenvalue weighted by atomic mass is 35.5. The van der Waals surface area contributed by atoms with Crippen molar-refractivity contribution in [2.75, 3.05) is 30.4 Å².